The third kappa shape index (κ3) is 8.31. The molecule has 0 saturated heterocycles. The van der Waals surface area contributed by atoms with E-state index in [4.69, 9.17) is 0 Å². The number of allylic oxidation sites excluding steroid dienone is 4. The molecule has 0 heterocycles. The summed E-state index contributed by atoms with van der Waals surface area (Å²) in [6.07, 6.45) is 8.85. The van der Waals surface area contributed by atoms with Crippen molar-refractivity contribution < 1.29 is 14.3 Å². The number of carbonyl (C=O) groups excluding carboxylic acids is 2. The Labute approximate surface area is 122 Å². The van der Waals surface area contributed by atoms with Gasteiger partial charge in [-0.25, -0.2) is 0 Å². The van der Waals surface area contributed by atoms with Gasteiger partial charge in [0.15, 0.2) is 5.78 Å². The lowest BCUT2D eigenvalue weighted by atomic mass is 9.97. The summed E-state index contributed by atoms with van der Waals surface area (Å²) in [6, 6.07) is 0. The van der Waals surface area contributed by atoms with E-state index in [1.165, 1.54) is 7.11 Å². The van der Waals surface area contributed by atoms with Crippen molar-refractivity contribution in [2.24, 2.45) is 11.8 Å². The fraction of sp³-hybridized carbons (Fsp3) is 0.529. The van der Waals surface area contributed by atoms with Gasteiger partial charge in [0.2, 0.25) is 0 Å². The summed E-state index contributed by atoms with van der Waals surface area (Å²) in [7, 11) is 1.37. The molecule has 110 valence electrons. The van der Waals surface area contributed by atoms with Gasteiger partial charge in [-0.05, 0) is 32.3 Å². The number of rotatable bonds is 8. The lowest BCUT2D eigenvalue weighted by molar-refractivity contribution is -0.141. The summed E-state index contributed by atoms with van der Waals surface area (Å²) < 4.78 is 4.67. The van der Waals surface area contributed by atoms with Crippen LogP contribution in [0, 0.1) is 23.7 Å². The molecule has 0 spiro atoms. The van der Waals surface area contributed by atoms with Gasteiger partial charge in [0, 0.05) is 12.3 Å². The molecule has 0 saturated carbocycles. The van der Waals surface area contributed by atoms with Crippen molar-refractivity contribution in [2.45, 2.75) is 40.0 Å². The molecule has 20 heavy (non-hydrogen) atoms. The average molecular weight is 276 g/mol. The van der Waals surface area contributed by atoms with Crippen LogP contribution >= 0.6 is 0 Å². The third-order valence-electron chi connectivity index (χ3n) is 2.93. The van der Waals surface area contributed by atoms with Crippen molar-refractivity contribution >= 4 is 11.8 Å². The van der Waals surface area contributed by atoms with E-state index in [2.05, 4.69) is 16.6 Å². The van der Waals surface area contributed by atoms with Gasteiger partial charge in [-0.15, -0.1) is 11.8 Å². The second-order valence-corrected chi connectivity index (χ2v) is 4.64. The molecule has 0 fully saturated rings. The Morgan fingerprint density at radius 2 is 2.05 bits per heavy atom. The monoisotopic (exact) mass is 276 g/mol. The van der Waals surface area contributed by atoms with Crippen LogP contribution in [0.25, 0.3) is 0 Å². The maximum Gasteiger partial charge on any atom is 0.306 e. The Hall–Kier alpha value is -1.82. The first-order valence-electron chi connectivity index (χ1n) is 6.84. The van der Waals surface area contributed by atoms with Crippen molar-refractivity contribution in [1.82, 2.24) is 0 Å². The standard InChI is InChI=1S/C17H24O3/c1-5-7-9-14(3)16(18)12-11-15(10-8-6-2)13-17(19)20-4/h6,8,11-12,14-15H,9-10,13H2,1-4H3. The number of carbonyl (C=O) groups is 2. The molecular formula is C17H24O3. The van der Waals surface area contributed by atoms with E-state index in [-0.39, 0.29) is 30.0 Å². The van der Waals surface area contributed by atoms with Crippen molar-refractivity contribution in [3.63, 3.8) is 0 Å². The molecule has 0 radical (unpaired) electrons. The van der Waals surface area contributed by atoms with Crippen LogP contribution in [0.4, 0.5) is 0 Å². The van der Waals surface area contributed by atoms with Gasteiger partial charge < -0.3 is 4.74 Å². The van der Waals surface area contributed by atoms with Crippen LogP contribution in [-0.4, -0.2) is 18.9 Å². The topological polar surface area (TPSA) is 43.4 Å². The molecular weight excluding hydrogens is 252 g/mol. The van der Waals surface area contributed by atoms with Gasteiger partial charge >= 0.3 is 5.97 Å². The molecule has 0 aliphatic heterocycles. The Bertz CT molecular complexity index is 421. The Kier molecular flexibility index (Phi) is 10.0. The number of hydrogen-bond acceptors (Lipinski definition) is 3. The smallest absolute Gasteiger partial charge is 0.306 e. The van der Waals surface area contributed by atoms with Crippen molar-refractivity contribution in [1.29, 1.82) is 0 Å². The minimum atomic E-state index is -0.262. The van der Waals surface area contributed by atoms with Gasteiger partial charge in [0.1, 0.15) is 0 Å². The quantitative estimate of drug-likeness (QED) is 0.296. The second kappa shape index (κ2) is 11.0. The molecule has 0 bridgehead atoms. The van der Waals surface area contributed by atoms with Gasteiger partial charge in [-0.1, -0.05) is 25.2 Å². The van der Waals surface area contributed by atoms with E-state index in [0.717, 1.165) is 6.42 Å². The van der Waals surface area contributed by atoms with Crippen LogP contribution in [0.2, 0.25) is 0 Å². The summed E-state index contributed by atoms with van der Waals surface area (Å²) in [5, 5.41) is 0. The minimum Gasteiger partial charge on any atom is -0.469 e. The number of ether oxygens (including phenoxy) is 1. The summed E-state index contributed by atoms with van der Waals surface area (Å²) in [6.45, 7) is 5.55. The van der Waals surface area contributed by atoms with Crippen molar-refractivity contribution in [3.8, 4) is 11.8 Å². The average Bonchev–Trinajstić information content (AvgIpc) is 2.46. The van der Waals surface area contributed by atoms with Gasteiger partial charge in [-0.3, -0.25) is 9.59 Å². The van der Waals surface area contributed by atoms with Crippen molar-refractivity contribution in [3.05, 3.63) is 24.3 Å². The zero-order valence-corrected chi connectivity index (χ0v) is 12.8. The largest absolute Gasteiger partial charge is 0.469 e. The third-order valence-corrected chi connectivity index (χ3v) is 2.93. The van der Waals surface area contributed by atoms with E-state index >= 15 is 0 Å². The van der Waals surface area contributed by atoms with Crippen molar-refractivity contribution in [2.75, 3.05) is 7.11 Å². The van der Waals surface area contributed by atoms with Crippen LogP contribution in [0.15, 0.2) is 24.3 Å². The predicted octanol–water partition coefficient (Wildman–Crippen LogP) is 3.31. The van der Waals surface area contributed by atoms with Crippen LogP contribution in [0.3, 0.4) is 0 Å². The first-order valence-corrected chi connectivity index (χ1v) is 6.84. The van der Waals surface area contributed by atoms with Crippen LogP contribution in [0.1, 0.15) is 40.0 Å². The van der Waals surface area contributed by atoms with Gasteiger partial charge in [0.05, 0.1) is 13.5 Å². The van der Waals surface area contributed by atoms with E-state index in [1.54, 1.807) is 19.1 Å². The van der Waals surface area contributed by atoms with E-state index in [9.17, 15) is 9.59 Å². The summed E-state index contributed by atoms with van der Waals surface area (Å²) in [5.41, 5.74) is 0. The molecule has 0 aliphatic rings. The van der Waals surface area contributed by atoms with E-state index < -0.39 is 0 Å². The fourth-order valence-corrected chi connectivity index (χ4v) is 1.59. The number of hydrogen-bond donors (Lipinski definition) is 0. The molecule has 0 aromatic heterocycles. The van der Waals surface area contributed by atoms with Crippen LogP contribution in [-0.2, 0) is 14.3 Å². The predicted molar refractivity (Wildman–Crippen MR) is 80.9 cm³/mol. The molecule has 0 amide bonds. The number of methoxy groups -OCH3 is 1. The fourth-order valence-electron chi connectivity index (χ4n) is 1.59. The molecule has 0 aromatic carbocycles. The number of esters is 1. The molecule has 0 N–H and O–H groups in total. The maximum absolute atomic E-state index is 11.9. The Balaban J connectivity index is 4.59. The summed E-state index contributed by atoms with van der Waals surface area (Å²) in [5.74, 6) is 5.35. The maximum atomic E-state index is 11.9. The zero-order chi connectivity index (χ0) is 15.4. The molecule has 2 atom stereocenters. The molecule has 0 rings (SSSR count). The van der Waals surface area contributed by atoms with E-state index in [0.29, 0.717) is 6.42 Å². The molecule has 3 nitrogen and oxygen atoms in total. The molecule has 3 heteroatoms. The normalized spacial score (nSPS) is 13.8. The lowest BCUT2D eigenvalue weighted by Gasteiger charge is -2.09. The summed E-state index contributed by atoms with van der Waals surface area (Å²) in [4.78, 5) is 23.2. The van der Waals surface area contributed by atoms with Crippen LogP contribution in [0.5, 0.6) is 0 Å². The molecule has 0 aliphatic carbocycles. The second-order valence-electron chi connectivity index (χ2n) is 4.64. The van der Waals surface area contributed by atoms with Crippen LogP contribution < -0.4 is 0 Å². The first kappa shape index (κ1) is 18.2. The van der Waals surface area contributed by atoms with E-state index in [1.807, 2.05) is 26.0 Å². The zero-order valence-electron chi connectivity index (χ0n) is 12.8. The van der Waals surface area contributed by atoms with Gasteiger partial charge in [-0.2, -0.15) is 0 Å². The molecule has 2 unspecified atom stereocenters. The highest BCUT2D eigenvalue weighted by Gasteiger charge is 2.12. The first-order chi connectivity index (χ1) is 9.54. The highest BCUT2D eigenvalue weighted by molar-refractivity contribution is 5.91. The summed E-state index contributed by atoms with van der Waals surface area (Å²) >= 11 is 0. The number of ketones is 1. The molecule has 0 aromatic rings. The van der Waals surface area contributed by atoms with Gasteiger partial charge in [0.25, 0.3) is 0 Å². The Morgan fingerprint density at radius 1 is 1.35 bits per heavy atom. The highest BCUT2D eigenvalue weighted by atomic mass is 16.5. The Morgan fingerprint density at radius 3 is 2.60 bits per heavy atom. The lowest BCUT2D eigenvalue weighted by Crippen LogP contribution is -2.10. The SMILES string of the molecule is CC#CCC(C)C(=O)C=CC(CC=CC)CC(=O)OC. The minimum absolute atomic E-state index is 0.00735. The highest BCUT2D eigenvalue weighted by Crippen LogP contribution is 2.14.